The van der Waals surface area contributed by atoms with Crippen LogP contribution in [0.1, 0.15) is 24.0 Å². The van der Waals surface area contributed by atoms with E-state index in [0.717, 1.165) is 12.8 Å². The summed E-state index contributed by atoms with van der Waals surface area (Å²) < 4.78 is 0. The molecule has 25 heavy (non-hydrogen) atoms. The van der Waals surface area contributed by atoms with Crippen molar-refractivity contribution in [2.45, 2.75) is 12.8 Å². The van der Waals surface area contributed by atoms with Gasteiger partial charge in [-0.15, -0.1) is 72.4 Å². The van der Waals surface area contributed by atoms with E-state index in [0.29, 0.717) is 0 Å². The molecule has 0 amide bonds. The van der Waals surface area contributed by atoms with Gasteiger partial charge in [0.25, 0.3) is 0 Å². The van der Waals surface area contributed by atoms with E-state index in [1.54, 1.807) is 0 Å². The van der Waals surface area contributed by atoms with E-state index in [-0.39, 0.29) is 51.0 Å². The molecule has 3 heteroatoms. The third kappa shape index (κ3) is 7.32. The molecule has 2 aliphatic carbocycles. The molecule has 0 saturated heterocycles. The molecule has 0 radical (unpaired) electrons. The summed E-state index contributed by atoms with van der Waals surface area (Å²) in [6, 6.07) is 20.7. The molecule has 4 rings (SSSR count). The molecule has 0 bridgehead atoms. The van der Waals surface area contributed by atoms with Crippen molar-refractivity contribution in [1.29, 1.82) is 0 Å². The summed E-state index contributed by atoms with van der Waals surface area (Å²) in [6.07, 6.45) is 17.0. The van der Waals surface area contributed by atoms with Crippen LogP contribution in [-0.2, 0) is 26.2 Å². The molecule has 0 N–H and O–H groups in total. The normalized spacial score (nSPS) is 13.3. The maximum atomic E-state index is 3.28. The predicted molar refractivity (Wildman–Crippen MR) is 108 cm³/mol. The number of hydrogen-bond donors (Lipinski definition) is 0. The van der Waals surface area contributed by atoms with Crippen LogP contribution in [0.2, 0.25) is 0 Å². The fraction of sp³-hybridized carbons (Fsp3) is 0.0909. The Kier molecular flexibility index (Phi) is 12.5. The van der Waals surface area contributed by atoms with Gasteiger partial charge in [0.15, 0.2) is 0 Å². The minimum atomic E-state index is 0. The molecule has 0 heterocycles. The smallest absolute Gasteiger partial charge is 0.197 e. The van der Waals surface area contributed by atoms with Gasteiger partial charge in [0.05, 0.1) is 0 Å². The summed E-state index contributed by atoms with van der Waals surface area (Å²) in [7, 11) is 0. The van der Waals surface area contributed by atoms with E-state index < -0.39 is 0 Å². The van der Waals surface area contributed by atoms with Gasteiger partial charge in [0, 0.05) is 0 Å². The van der Waals surface area contributed by atoms with Crippen molar-refractivity contribution in [2.75, 3.05) is 0 Å². The fourth-order valence-corrected chi connectivity index (χ4v) is 2.44. The van der Waals surface area contributed by atoms with Crippen LogP contribution in [0, 0.1) is 12.2 Å². The molecule has 0 saturated carbocycles. The van der Waals surface area contributed by atoms with Gasteiger partial charge in [-0.05, 0) is 0 Å². The first-order valence-corrected chi connectivity index (χ1v) is 7.59. The van der Waals surface area contributed by atoms with E-state index >= 15 is 0 Å². The van der Waals surface area contributed by atoms with Crippen molar-refractivity contribution in [3.8, 4) is 0 Å². The van der Waals surface area contributed by atoms with Crippen LogP contribution in [0.25, 0.3) is 11.1 Å². The Labute approximate surface area is 182 Å². The van der Waals surface area contributed by atoms with E-state index in [9.17, 15) is 0 Å². The maximum absolute atomic E-state index is 3.28. The summed E-state index contributed by atoms with van der Waals surface area (Å²) in [6.45, 7) is 0. The summed E-state index contributed by atoms with van der Waals surface area (Å²) in [5.41, 5.74) is 4.98. The fourth-order valence-electron chi connectivity index (χ4n) is 2.44. The number of allylic oxidation sites excluding steroid dienone is 8. The average Bonchev–Trinajstić information content (AvgIpc) is 3.31. The van der Waals surface area contributed by atoms with Gasteiger partial charge < -0.3 is 0 Å². The molecule has 2 aromatic carbocycles. The van der Waals surface area contributed by atoms with Crippen LogP contribution in [0.3, 0.4) is 0 Å². The molecule has 0 nitrogen and oxygen atoms in total. The van der Waals surface area contributed by atoms with Crippen LogP contribution in [0.4, 0.5) is 0 Å². The van der Waals surface area contributed by atoms with Gasteiger partial charge in [-0.3, -0.25) is 0 Å². The van der Waals surface area contributed by atoms with E-state index in [1.807, 2.05) is 12.1 Å². The molecule has 0 unspecified atom stereocenters. The molecular formula is C22H20Cl2Zr. The molecule has 0 atom stereocenters. The largest absolute Gasteiger partial charge is 2.00 e. The monoisotopic (exact) mass is 444 g/mol. The zero-order valence-electron chi connectivity index (χ0n) is 13.8. The second-order valence-corrected chi connectivity index (χ2v) is 5.13. The predicted octanol–water partition coefficient (Wildman–Crippen LogP) is 6.51. The molecule has 0 aliphatic heterocycles. The minimum absolute atomic E-state index is 0. The van der Waals surface area contributed by atoms with Crippen molar-refractivity contribution in [2.24, 2.45) is 0 Å². The third-order valence-electron chi connectivity index (χ3n) is 3.56. The summed E-state index contributed by atoms with van der Waals surface area (Å²) >= 11 is 0. The molecular weight excluding hydrogens is 426 g/mol. The Morgan fingerprint density at radius 3 is 1.20 bits per heavy atom. The van der Waals surface area contributed by atoms with Crippen molar-refractivity contribution >= 4 is 36.0 Å². The summed E-state index contributed by atoms with van der Waals surface area (Å²) in [5, 5.41) is 0. The standard InChI is InChI=1S/2C11H9.2ClH.Zr/c2*1-2-6-10(7-3-1)11-8-4-5-9-11;;;/h2*1-4,6-8H,5H2;2*1H;/q2*-1;;;+2. The Bertz CT molecular complexity index is 664. The number of halogens is 2. The molecule has 2 aliphatic rings. The summed E-state index contributed by atoms with van der Waals surface area (Å²) in [5.74, 6) is 0. The van der Waals surface area contributed by atoms with Crippen molar-refractivity contribution in [1.82, 2.24) is 0 Å². The van der Waals surface area contributed by atoms with Crippen molar-refractivity contribution < 1.29 is 26.2 Å². The Morgan fingerprint density at radius 1 is 0.560 bits per heavy atom. The number of hydrogen-bond acceptors (Lipinski definition) is 0. The maximum Gasteiger partial charge on any atom is 2.00 e. The van der Waals surface area contributed by atoms with Crippen molar-refractivity contribution in [3.05, 3.63) is 108 Å². The number of benzene rings is 2. The van der Waals surface area contributed by atoms with Gasteiger partial charge in [-0.2, -0.15) is 35.5 Å². The first-order valence-electron chi connectivity index (χ1n) is 7.59. The van der Waals surface area contributed by atoms with Crippen molar-refractivity contribution in [3.63, 3.8) is 0 Å². The van der Waals surface area contributed by atoms with E-state index in [1.165, 1.54) is 22.3 Å². The molecule has 0 spiro atoms. The molecule has 0 fully saturated rings. The molecule has 0 aromatic heterocycles. The number of rotatable bonds is 2. The molecule has 126 valence electrons. The quantitative estimate of drug-likeness (QED) is 0.462. The van der Waals surface area contributed by atoms with Crippen LogP contribution in [-0.4, -0.2) is 0 Å². The summed E-state index contributed by atoms with van der Waals surface area (Å²) in [4.78, 5) is 0. The third-order valence-corrected chi connectivity index (χ3v) is 3.56. The average molecular weight is 447 g/mol. The van der Waals surface area contributed by atoms with E-state index in [4.69, 9.17) is 0 Å². The van der Waals surface area contributed by atoms with Gasteiger partial charge >= 0.3 is 26.2 Å². The van der Waals surface area contributed by atoms with Crippen LogP contribution < -0.4 is 0 Å². The second kappa shape index (κ2) is 13.1. The minimum Gasteiger partial charge on any atom is -0.197 e. The first kappa shape index (κ1) is 23.9. The SMILES string of the molecule is Cl.Cl.[C-]1=C(c2ccccc2)C=CC1.[C-]1=C(c2ccccc2)C=CC1.[Zr+2]. The Balaban J connectivity index is 0.000000411. The van der Waals surface area contributed by atoms with Gasteiger partial charge in [0.1, 0.15) is 0 Å². The zero-order valence-corrected chi connectivity index (χ0v) is 17.9. The second-order valence-electron chi connectivity index (χ2n) is 5.13. The molecule has 2 aromatic rings. The van der Waals surface area contributed by atoms with Gasteiger partial charge in [0.2, 0.25) is 0 Å². The van der Waals surface area contributed by atoms with Crippen LogP contribution in [0.5, 0.6) is 0 Å². The first-order chi connectivity index (χ1) is 10.9. The van der Waals surface area contributed by atoms with Crippen LogP contribution in [0.15, 0.2) is 85.0 Å². The van der Waals surface area contributed by atoms with E-state index in [2.05, 4.69) is 85.0 Å². The Morgan fingerprint density at radius 2 is 0.920 bits per heavy atom. The van der Waals surface area contributed by atoms with Gasteiger partial charge in [-0.25, -0.2) is 0 Å². The zero-order chi connectivity index (χ0) is 15.0. The van der Waals surface area contributed by atoms with Gasteiger partial charge in [-0.1, -0.05) is 49.2 Å². The Hall–Kier alpha value is -1.14. The van der Waals surface area contributed by atoms with Crippen LogP contribution >= 0.6 is 24.8 Å². The topological polar surface area (TPSA) is 0 Å².